The van der Waals surface area contributed by atoms with Crippen LogP contribution in [0.3, 0.4) is 0 Å². The maximum absolute atomic E-state index is 11.5. The lowest BCUT2D eigenvalue weighted by Gasteiger charge is -2.25. The van der Waals surface area contributed by atoms with Gasteiger partial charge in [-0.2, -0.15) is 0 Å². The van der Waals surface area contributed by atoms with E-state index < -0.39 is 10.8 Å². The van der Waals surface area contributed by atoms with E-state index in [1.54, 1.807) is 32.1 Å². The zero-order valence-corrected chi connectivity index (χ0v) is 12.8. The minimum Gasteiger partial charge on any atom is -0.299 e. The molecule has 1 aromatic carbocycles. The van der Waals surface area contributed by atoms with Crippen molar-refractivity contribution in [2.75, 3.05) is 0 Å². The number of Topliss-reactive ketones (excluding diaryl/α,β-unsaturated/α-hetero) is 1. The lowest BCUT2D eigenvalue weighted by Crippen LogP contribution is -2.30. The first kappa shape index (κ1) is 15.6. The van der Waals surface area contributed by atoms with E-state index in [2.05, 4.69) is 0 Å². The van der Waals surface area contributed by atoms with Crippen LogP contribution in [0.4, 0.5) is 0 Å². The van der Waals surface area contributed by atoms with Crippen molar-refractivity contribution in [2.45, 2.75) is 26.1 Å². The Hall–Kier alpha value is -0.500. The van der Waals surface area contributed by atoms with Crippen molar-refractivity contribution >= 4 is 45.6 Å². The largest absolute Gasteiger partial charge is 0.299 e. The van der Waals surface area contributed by atoms with E-state index in [0.717, 1.165) is 5.56 Å². The van der Waals surface area contributed by atoms with Gasteiger partial charge in [-0.1, -0.05) is 49.2 Å². The van der Waals surface area contributed by atoms with Gasteiger partial charge in [0.15, 0.2) is 0 Å². The molecule has 0 N–H and O–H groups in total. The second-order valence-corrected chi connectivity index (χ2v) is 6.01. The lowest BCUT2D eigenvalue weighted by molar-refractivity contribution is -0.124. The number of carbonyl (C=O) groups excluding carboxylic acids is 1. The zero-order valence-electron chi connectivity index (χ0n) is 10.5. The first-order valence-electron chi connectivity index (χ1n) is 5.53. The van der Waals surface area contributed by atoms with Crippen LogP contribution in [0.25, 0.3) is 5.03 Å². The highest BCUT2D eigenvalue weighted by atomic mass is 35.5. The van der Waals surface area contributed by atoms with Crippen molar-refractivity contribution in [1.29, 1.82) is 0 Å². The van der Waals surface area contributed by atoms with Gasteiger partial charge in [0.2, 0.25) is 0 Å². The Labute approximate surface area is 123 Å². The standard InChI is InChI=1S/C14H15Cl3O/c1-9(18)14(2,3)13(17)8-12(16)10-4-6-11(15)7-5-10/h4-8,13H,1-3H3/b12-8+. The summed E-state index contributed by atoms with van der Waals surface area (Å²) in [5.74, 6) is 0.0272. The normalized spacial score (nSPS) is 14.4. The summed E-state index contributed by atoms with van der Waals surface area (Å²) in [7, 11) is 0. The van der Waals surface area contributed by atoms with Gasteiger partial charge in [0.1, 0.15) is 5.78 Å². The van der Waals surface area contributed by atoms with Crippen molar-refractivity contribution < 1.29 is 4.79 Å². The molecule has 98 valence electrons. The van der Waals surface area contributed by atoms with Crippen LogP contribution in [0.2, 0.25) is 5.02 Å². The molecule has 0 heterocycles. The Kier molecular flexibility index (Phi) is 5.27. The number of rotatable bonds is 4. The van der Waals surface area contributed by atoms with Crippen LogP contribution in [0.15, 0.2) is 30.3 Å². The Morgan fingerprint density at radius 3 is 2.22 bits per heavy atom. The molecule has 1 nitrogen and oxygen atoms in total. The van der Waals surface area contributed by atoms with E-state index in [1.165, 1.54) is 6.92 Å². The van der Waals surface area contributed by atoms with Crippen molar-refractivity contribution in [3.05, 3.63) is 40.9 Å². The topological polar surface area (TPSA) is 17.1 Å². The maximum atomic E-state index is 11.5. The average molecular weight is 306 g/mol. The molecular formula is C14H15Cl3O. The van der Waals surface area contributed by atoms with Crippen LogP contribution < -0.4 is 0 Å². The second-order valence-electron chi connectivity index (χ2n) is 4.70. The van der Waals surface area contributed by atoms with Crippen LogP contribution in [0.1, 0.15) is 26.3 Å². The molecule has 0 spiro atoms. The van der Waals surface area contributed by atoms with Gasteiger partial charge in [-0.15, -0.1) is 11.6 Å². The van der Waals surface area contributed by atoms with E-state index in [1.807, 2.05) is 12.1 Å². The Morgan fingerprint density at radius 1 is 1.28 bits per heavy atom. The molecule has 0 saturated carbocycles. The van der Waals surface area contributed by atoms with E-state index in [-0.39, 0.29) is 5.78 Å². The Morgan fingerprint density at radius 2 is 1.78 bits per heavy atom. The lowest BCUT2D eigenvalue weighted by atomic mass is 9.84. The molecule has 0 saturated heterocycles. The predicted molar refractivity (Wildman–Crippen MR) is 79.4 cm³/mol. The van der Waals surface area contributed by atoms with E-state index in [0.29, 0.717) is 10.1 Å². The molecule has 0 bridgehead atoms. The van der Waals surface area contributed by atoms with Gasteiger partial charge in [0, 0.05) is 15.5 Å². The summed E-state index contributed by atoms with van der Waals surface area (Å²) in [6, 6.07) is 7.13. The molecule has 18 heavy (non-hydrogen) atoms. The highest BCUT2D eigenvalue weighted by Crippen LogP contribution is 2.31. The third-order valence-electron chi connectivity index (χ3n) is 3.01. The minimum atomic E-state index is -0.645. The van der Waals surface area contributed by atoms with E-state index >= 15 is 0 Å². The van der Waals surface area contributed by atoms with Gasteiger partial charge in [0.05, 0.1) is 5.38 Å². The molecule has 0 aliphatic heterocycles. The fraction of sp³-hybridized carbons (Fsp3) is 0.357. The number of alkyl halides is 1. The Bertz CT molecular complexity index is 460. The molecule has 1 atom stereocenters. The summed E-state index contributed by atoms with van der Waals surface area (Å²) in [6.45, 7) is 5.13. The summed E-state index contributed by atoms with van der Waals surface area (Å²) < 4.78 is 0. The molecule has 1 unspecified atom stereocenters. The summed E-state index contributed by atoms with van der Waals surface area (Å²) >= 11 is 18.2. The molecule has 0 fully saturated rings. The number of halogens is 3. The zero-order chi connectivity index (χ0) is 13.9. The summed E-state index contributed by atoms with van der Waals surface area (Å²) in [5.41, 5.74) is 0.180. The average Bonchev–Trinajstić information content (AvgIpc) is 2.29. The second kappa shape index (κ2) is 6.10. The molecular weight excluding hydrogens is 291 g/mol. The monoisotopic (exact) mass is 304 g/mol. The molecule has 0 aromatic heterocycles. The molecule has 0 radical (unpaired) electrons. The van der Waals surface area contributed by atoms with Crippen LogP contribution in [0, 0.1) is 5.41 Å². The molecule has 1 aromatic rings. The third kappa shape index (κ3) is 3.74. The van der Waals surface area contributed by atoms with E-state index in [9.17, 15) is 4.79 Å². The quantitative estimate of drug-likeness (QED) is 0.704. The van der Waals surface area contributed by atoms with Crippen LogP contribution in [-0.4, -0.2) is 11.2 Å². The number of allylic oxidation sites excluding steroid dienone is 1. The fourth-order valence-corrected chi connectivity index (χ4v) is 1.96. The Balaban J connectivity index is 2.96. The first-order chi connectivity index (χ1) is 8.25. The smallest absolute Gasteiger partial charge is 0.137 e. The molecule has 4 heteroatoms. The van der Waals surface area contributed by atoms with Gasteiger partial charge >= 0.3 is 0 Å². The first-order valence-corrected chi connectivity index (χ1v) is 6.72. The highest BCUT2D eigenvalue weighted by Gasteiger charge is 2.31. The van der Waals surface area contributed by atoms with Gasteiger partial charge in [0.25, 0.3) is 0 Å². The van der Waals surface area contributed by atoms with Crippen LogP contribution in [-0.2, 0) is 4.79 Å². The molecule has 0 aliphatic rings. The van der Waals surface area contributed by atoms with Crippen LogP contribution in [0.5, 0.6) is 0 Å². The highest BCUT2D eigenvalue weighted by molar-refractivity contribution is 6.49. The van der Waals surface area contributed by atoms with Gasteiger partial charge in [-0.05, 0) is 30.7 Å². The molecule has 1 rings (SSSR count). The van der Waals surface area contributed by atoms with Crippen molar-refractivity contribution in [3.63, 3.8) is 0 Å². The van der Waals surface area contributed by atoms with Gasteiger partial charge in [-0.3, -0.25) is 4.79 Å². The fourth-order valence-electron chi connectivity index (χ4n) is 1.24. The number of hydrogen-bond acceptors (Lipinski definition) is 1. The van der Waals surface area contributed by atoms with Crippen molar-refractivity contribution in [1.82, 2.24) is 0 Å². The molecule has 0 aliphatic carbocycles. The summed E-state index contributed by atoms with van der Waals surface area (Å²) in [6.07, 6.45) is 1.69. The third-order valence-corrected chi connectivity index (χ3v) is 4.28. The summed E-state index contributed by atoms with van der Waals surface area (Å²) in [4.78, 5) is 11.5. The summed E-state index contributed by atoms with van der Waals surface area (Å²) in [5, 5.41) is 0.703. The van der Waals surface area contributed by atoms with E-state index in [4.69, 9.17) is 34.8 Å². The number of ketones is 1. The van der Waals surface area contributed by atoms with Crippen molar-refractivity contribution in [3.8, 4) is 0 Å². The number of carbonyl (C=O) groups is 1. The SMILES string of the molecule is CC(=O)C(C)(C)C(Cl)/C=C(/Cl)c1ccc(Cl)cc1. The molecule has 0 amide bonds. The van der Waals surface area contributed by atoms with Crippen LogP contribution >= 0.6 is 34.8 Å². The van der Waals surface area contributed by atoms with Gasteiger partial charge in [-0.25, -0.2) is 0 Å². The maximum Gasteiger partial charge on any atom is 0.137 e. The minimum absolute atomic E-state index is 0.0272. The van der Waals surface area contributed by atoms with Gasteiger partial charge < -0.3 is 0 Å². The number of hydrogen-bond donors (Lipinski definition) is 0. The van der Waals surface area contributed by atoms with Crippen molar-refractivity contribution in [2.24, 2.45) is 5.41 Å². The number of benzene rings is 1. The predicted octanol–water partition coefficient (Wildman–Crippen LogP) is 5.14.